The molecule has 0 spiro atoms. The van der Waals surface area contributed by atoms with Gasteiger partial charge in [-0.25, -0.2) is 9.38 Å². The molecule has 0 N–H and O–H groups in total. The number of aliphatic imine (C=N–C) groups is 1. The van der Waals surface area contributed by atoms with Crippen LogP contribution in [0.4, 0.5) is 10.1 Å². The summed E-state index contributed by atoms with van der Waals surface area (Å²) in [5.74, 6) is -0.655. The van der Waals surface area contributed by atoms with Crippen molar-refractivity contribution >= 4 is 51.8 Å². The first-order valence-corrected chi connectivity index (χ1v) is 11.8. The minimum atomic E-state index is -0.392. The average Bonchev–Trinajstić information content (AvgIpc) is 3.41. The number of carbonyl (C=O) groups excluding carboxylic acids is 2. The zero-order chi connectivity index (χ0) is 22.5. The molecule has 0 saturated carbocycles. The number of amidine groups is 1. The molecule has 0 saturated heterocycles. The molecule has 4 rings (SSSR count). The van der Waals surface area contributed by atoms with Crippen LogP contribution in [0.5, 0.6) is 0 Å². The van der Waals surface area contributed by atoms with E-state index < -0.39 is 5.82 Å². The maximum Gasteiger partial charge on any atom is 0.283 e. The van der Waals surface area contributed by atoms with E-state index in [1.54, 1.807) is 29.4 Å². The maximum atomic E-state index is 13.4. The van der Waals surface area contributed by atoms with Gasteiger partial charge in [-0.3, -0.25) is 14.5 Å². The first-order valence-electron chi connectivity index (χ1n) is 9.84. The highest BCUT2D eigenvalue weighted by Crippen LogP contribution is 2.29. The van der Waals surface area contributed by atoms with Crippen LogP contribution in [0, 0.1) is 5.82 Å². The van der Waals surface area contributed by atoms with E-state index in [9.17, 15) is 14.0 Å². The molecule has 2 amide bonds. The lowest BCUT2D eigenvalue weighted by Crippen LogP contribution is -2.32. The molecule has 5 nitrogen and oxygen atoms in total. The van der Waals surface area contributed by atoms with Gasteiger partial charge in [0.15, 0.2) is 5.17 Å². The van der Waals surface area contributed by atoms with Crippen molar-refractivity contribution in [2.45, 2.75) is 6.54 Å². The molecule has 1 aliphatic rings. The third-order valence-corrected chi connectivity index (χ3v) is 6.42. The highest BCUT2D eigenvalue weighted by molar-refractivity contribution is 8.14. The second-order valence-electron chi connectivity index (χ2n) is 7.12. The first kappa shape index (κ1) is 22.0. The SMILES string of the molecule is CN(Cc1ccsc1)C(=O)CSC1=N/C(=C\c2ccccc2)C(=O)N1c1ccc(F)cc1. The molecular weight excluding hydrogens is 445 g/mol. The van der Waals surface area contributed by atoms with E-state index in [1.165, 1.54) is 40.9 Å². The first-order chi connectivity index (χ1) is 15.5. The van der Waals surface area contributed by atoms with E-state index >= 15 is 0 Å². The summed E-state index contributed by atoms with van der Waals surface area (Å²) in [6, 6.07) is 17.0. The Morgan fingerprint density at radius 1 is 1.16 bits per heavy atom. The molecule has 1 aliphatic heterocycles. The van der Waals surface area contributed by atoms with E-state index in [0.717, 1.165) is 11.1 Å². The minimum Gasteiger partial charge on any atom is -0.341 e. The molecule has 3 aromatic rings. The molecule has 8 heteroatoms. The number of halogens is 1. The molecule has 2 heterocycles. The number of hydrogen-bond acceptors (Lipinski definition) is 5. The van der Waals surface area contributed by atoms with Crippen LogP contribution in [0.1, 0.15) is 11.1 Å². The number of benzene rings is 2. The zero-order valence-electron chi connectivity index (χ0n) is 17.3. The third-order valence-electron chi connectivity index (χ3n) is 4.77. The second-order valence-corrected chi connectivity index (χ2v) is 8.84. The summed E-state index contributed by atoms with van der Waals surface area (Å²) in [6.07, 6.45) is 1.71. The Bertz CT molecular complexity index is 1160. The fraction of sp³-hybridized carbons (Fsp3) is 0.125. The fourth-order valence-electron chi connectivity index (χ4n) is 3.10. The van der Waals surface area contributed by atoms with Gasteiger partial charge in [-0.15, -0.1) is 0 Å². The van der Waals surface area contributed by atoms with Crippen molar-refractivity contribution in [3.8, 4) is 0 Å². The molecule has 0 bridgehead atoms. The molecule has 32 heavy (non-hydrogen) atoms. The van der Waals surface area contributed by atoms with Gasteiger partial charge < -0.3 is 4.90 Å². The molecule has 1 aromatic heterocycles. The summed E-state index contributed by atoms with van der Waals surface area (Å²) < 4.78 is 13.4. The molecular formula is C24H20FN3O2S2. The Morgan fingerprint density at radius 2 is 1.91 bits per heavy atom. The number of carbonyl (C=O) groups is 2. The van der Waals surface area contributed by atoms with Crippen LogP contribution in [0.15, 0.2) is 82.1 Å². The lowest BCUT2D eigenvalue weighted by atomic mass is 10.2. The summed E-state index contributed by atoms with van der Waals surface area (Å²) in [5, 5.41) is 4.37. The monoisotopic (exact) mass is 465 g/mol. The van der Waals surface area contributed by atoms with Gasteiger partial charge in [0.2, 0.25) is 5.91 Å². The molecule has 0 fully saturated rings. The Hall–Kier alpha value is -3.23. The van der Waals surface area contributed by atoms with E-state index in [0.29, 0.717) is 17.4 Å². The van der Waals surface area contributed by atoms with Crippen LogP contribution in [0.2, 0.25) is 0 Å². The summed E-state index contributed by atoms with van der Waals surface area (Å²) in [7, 11) is 1.75. The normalized spacial score (nSPS) is 14.7. The van der Waals surface area contributed by atoms with Crippen LogP contribution in [-0.4, -0.2) is 34.7 Å². The van der Waals surface area contributed by atoms with Crippen molar-refractivity contribution in [1.82, 2.24) is 4.90 Å². The van der Waals surface area contributed by atoms with Crippen LogP contribution < -0.4 is 4.90 Å². The number of thiophene rings is 1. The molecule has 0 radical (unpaired) electrons. The van der Waals surface area contributed by atoms with Gasteiger partial charge in [-0.1, -0.05) is 42.1 Å². The number of anilines is 1. The Balaban J connectivity index is 1.54. The predicted octanol–water partition coefficient (Wildman–Crippen LogP) is 5.02. The van der Waals surface area contributed by atoms with Gasteiger partial charge in [0, 0.05) is 13.6 Å². The van der Waals surface area contributed by atoms with Crippen molar-refractivity contribution < 1.29 is 14.0 Å². The predicted molar refractivity (Wildman–Crippen MR) is 129 cm³/mol. The number of rotatable bonds is 6. The van der Waals surface area contributed by atoms with Gasteiger partial charge in [-0.2, -0.15) is 11.3 Å². The summed E-state index contributed by atoms with van der Waals surface area (Å²) in [6.45, 7) is 0.523. The smallest absolute Gasteiger partial charge is 0.283 e. The van der Waals surface area contributed by atoms with Gasteiger partial charge in [0.1, 0.15) is 11.5 Å². The number of hydrogen-bond donors (Lipinski definition) is 0. The number of amides is 2. The van der Waals surface area contributed by atoms with Crippen molar-refractivity contribution in [3.05, 3.63) is 94.1 Å². The molecule has 162 valence electrons. The summed E-state index contributed by atoms with van der Waals surface area (Å²) in [5.41, 5.74) is 2.68. The highest BCUT2D eigenvalue weighted by atomic mass is 32.2. The molecule has 0 aliphatic carbocycles. The lowest BCUT2D eigenvalue weighted by Gasteiger charge is -2.19. The van der Waals surface area contributed by atoms with E-state index in [4.69, 9.17) is 0 Å². The van der Waals surface area contributed by atoms with Crippen molar-refractivity contribution in [2.75, 3.05) is 17.7 Å². The topological polar surface area (TPSA) is 53.0 Å². The quantitative estimate of drug-likeness (QED) is 0.480. The van der Waals surface area contributed by atoms with Crippen LogP contribution >= 0.6 is 23.1 Å². The Kier molecular flexibility index (Phi) is 6.82. The standard InChI is InChI=1S/C24H20FN3O2S2/c1-27(14-18-11-12-31-15-18)22(29)16-32-24-26-21(13-17-5-3-2-4-6-17)23(30)28(24)20-9-7-19(25)8-10-20/h2-13,15H,14,16H2,1H3/b21-13-. The summed E-state index contributed by atoms with van der Waals surface area (Å²) in [4.78, 5) is 33.4. The molecule has 2 aromatic carbocycles. The van der Waals surface area contributed by atoms with Crippen LogP contribution in [0.3, 0.4) is 0 Å². The third kappa shape index (κ3) is 5.15. The molecule has 0 unspecified atom stereocenters. The van der Waals surface area contributed by atoms with Crippen molar-refractivity contribution in [1.29, 1.82) is 0 Å². The largest absolute Gasteiger partial charge is 0.341 e. The molecule has 0 atom stereocenters. The van der Waals surface area contributed by atoms with Crippen LogP contribution in [-0.2, 0) is 16.1 Å². The average molecular weight is 466 g/mol. The fourth-order valence-corrected chi connectivity index (χ4v) is 4.71. The van der Waals surface area contributed by atoms with Crippen molar-refractivity contribution in [2.24, 2.45) is 4.99 Å². The lowest BCUT2D eigenvalue weighted by molar-refractivity contribution is -0.127. The van der Waals surface area contributed by atoms with Crippen molar-refractivity contribution in [3.63, 3.8) is 0 Å². The van der Waals surface area contributed by atoms with Gasteiger partial charge in [-0.05, 0) is 58.3 Å². The Labute approximate surface area is 193 Å². The highest BCUT2D eigenvalue weighted by Gasteiger charge is 2.32. The van der Waals surface area contributed by atoms with E-state index in [2.05, 4.69) is 4.99 Å². The van der Waals surface area contributed by atoms with E-state index in [1.807, 2.05) is 47.2 Å². The number of nitrogens with zero attached hydrogens (tertiary/aromatic N) is 3. The van der Waals surface area contributed by atoms with E-state index in [-0.39, 0.29) is 23.3 Å². The number of thioether (sulfide) groups is 1. The van der Waals surface area contributed by atoms with Gasteiger partial charge in [0.25, 0.3) is 5.91 Å². The van der Waals surface area contributed by atoms with Gasteiger partial charge in [0.05, 0.1) is 11.4 Å². The summed E-state index contributed by atoms with van der Waals surface area (Å²) >= 11 is 2.78. The van der Waals surface area contributed by atoms with Gasteiger partial charge >= 0.3 is 0 Å². The second kappa shape index (κ2) is 9.93. The maximum absolute atomic E-state index is 13.4. The Morgan fingerprint density at radius 3 is 2.59 bits per heavy atom. The zero-order valence-corrected chi connectivity index (χ0v) is 18.9. The van der Waals surface area contributed by atoms with Crippen LogP contribution in [0.25, 0.3) is 6.08 Å². The minimum absolute atomic E-state index is 0.0732.